The van der Waals surface area contributed by atoms with E-state index >= 15 is 0 Å². The fraction of sp³-hybridized carbons (Fsp3) is 0. The van der Waals surface area contributed by atoms with Crippen LogP contribution in [0.25, 0.3) is 0 Å². The third-order valence-electron chi connectivity index (χ3n) is 3.24. The Morgan fingerprint density at radius 3 is 2.23 bits per heavy atom. The lowest BCUT2D eigenvalue weighted by molar-refractivity contribution is 0.0991. The number of nitrogens with two attached hydrogens (primary N) is 1. The number of rotatable bonds is 3. The summed E-state index contributed by atoms with van der Waals surface area (Å²) in [6.45, 7) is 0. The lowest BCUT2D eigenvalue weighted by Crippen LogP contribution is -2.22. The van der Waals surface area contributed by atoms with E-state index < -0.39 is 16.8 Å². The molecule has 1 atom stereocenters. The summed E-state index contributed by atoms with van der Waals surface area (Å²) in [5.74, 6) is -0.728. The molecule has 0 saturated carbocycles. The molecule has 0 heterocycles. The summed E-state index contributed by atoms with van der Waals surface area (Å²) in [6.07, 6.45) is 1.13. The second-order valence-corrected chi connectivity index (χ2v) is 5.92. The molecule has 1 aliphatic carbocycles. The zero-order valence-corrected chi connectivity index (χ0v) is 12.2. The van der Waals surface area contributed by atoms with Gasteiger partial charge in [-0.25, -0.2) is 4.21 Å². The average Bonchev–Trinajstić information content (AvgIpc) is 2.53. The summed E-state index contributed by atoms with van der Waals surface area (Å²) in [5.41, 5.74) is 7.32. The van der Waals surface area contributed by atoms with Crippen LogP contribution in [0.4, 0.5) is 11.4 Å². The maximum absolute atomic E-state index is 12.4. The summed E-state index contributed by atoms with van der Waals surface area (Å²) in [6, 6.07) is 13.1. The van der Waals surface area contributed by atoms with Crippen LogP contribution in [0.5, 0.6) is 0 Å². The second kappa shape index (κ2) is 5.57. The number of hydrogen-bond donors (Lipinski definition) is 2. The van der Waals surface area contributed by atoms with Gasteiger partial charge < -0.3 is 10.5 Å². The molecule has 1 aliphatic rings. The number of allylic oxidation sites excluding steroid dienone is 2. The molecule has 110 valence electrons. The van der Waals surface area contributed by atoms with Gasteiger partial charge >= 0.3 is 0 Å². The van der Waals surface area contributed by atoms with E-state index in [1.807, 2.05) is 0 Å². The Labute approximate surface area is 129 Å². The van der Waals surface area contributed by atoms with Gasteiger partial charge in [0.1, 0.15) is 4.91 Å². The Hall–Kier alpha value is -2.73. The van der Waals surface area contributed by atoms with Crippen molar-refractivity contribution in [2.45, 2.75) is 0 Å². The lowest BCUT2D eigenvalue weighted by atomic mass is 9.95. The predicted molar refractivity (Wildman–Crippen MR) is 85.8 cm³/mol. The lowest BCUT2D eigenvalue weighted by Gasteiger charge is -2.15. The SMILES string of the molecule is Nc1ccc(NS(=O)C2=CC(=O)c3ccccc3C2=O)cc1. The number of carbonyl (C=O) groups is 2. The van der Waals surface area contributed by atoms with Gasteiger partial charge in [0.2, 0.25) is 5.78 Å². The van der Waals surface area contributed by atoms with Gasteiger partial charge in [-0.1, -0.05) is 24.3 Å². The summed E-state index contributed by atoms with van der Waals surface area (Å²) < 4.78 is 15.0. The Balaban J connectivity index is 1.89. The van der Waals surface area contributed by atoms with Crippen LogP contribution in [0.15, 0.2) is 59.5 Å². The highest BCUT2D eigenvalue weighted by atomic mass is 32.2. The van der Waals surface area contributed by atoms with E-state index in [1.54, 1.807) is 48.5 Å². The van der Waals surface area contributed by atoms with Crippen LogP contribution in [-0.4, -0.2) is 15.8 Å². The van der Waals surface area contributed by atoms with Crippen LogP contribution in [0.2, 0.25) is 0 Å². The molecule has 3 rings (SSSR count). The Kier molecular flexibility index (Phi) is 3.60. The van der Waals surface area contributed by atoms with Crippen LogP contribution in [0, 0.1) is 0 Å². The highest BCUT2D eigenvalue weighted by Crippen LogP contribution is 2.24. The molecule has 0 spiro atoms. The highest BCUT2D eigenvalue weighted by molar-refractivity contribution is 7.91. The molecule has 6 heteroatoms. The van der Waals surface area contributed by atoms with Gasteiger partial charge in [-0.2, -0.15) is 0 Å². The maximum atomic E-state index is 12.4. The Morgan fingerprint density at radius 2 is 1.55 bits per heavy atom. The number of nitrogens with one attached hydrogen (secondary N) is 1. The molecular formula is C16H12N2O3S. The van der Waals surface area contributed by atoms with E-state index in [2.05, 4.69) is 4.72 Å². The standard InChI is InChI=1S/C16H12N2O3S/c17-10-5-7-11(8-6-10)18-22(21)15-9-14(19)12-3-1-2-4-13(12)16(15)20/h1-9,18H,17H2. The third kappa shape index (κ3) is 2.56. The van der Waals surface area contributed by atoms with Crippen molar-refractivity contribution in [2.75, 3.05) is 10.5 Å². The minimum Gasteiger partial charge on any atom is -0.399 e. The summed E-state index contributed by atoms with van der Waals surface area (Å²) >= 11 is 0. The number of carbonyl (C=O) groups excluding carboxylic acids is 2. The molecule has 0 fully saturated rings. The first-order valence-electron chi connectivity index (χ1n) is 6.50. The molecule has 0 radical (unpaired) electrons. The molecule has 22 heavy (non-hydrogen) atoms. The van der Waals surface area contributed by atoms with Crippen molar-refractivity contribution in [3.8, 4) is 0 Å². The number of nitrogen functional groups attached to an aromatic ring is 1. The molecule has 3 N–H and O–H groups in total. The first-order valence-corrected chi connectivity index (χ1v) is 7.65. The van der Waals surface area contributed by atoms with Crippen molar-refractivity contribution in [3.05, 3.63) is 70.6 Å². The van der Waals surface area contributed by atoms with Crippen molar-refractivity contribution >= 4 is 33.9 Å². The second-order valence-electron chi connectivity index (χ2n) is 4.74. The number of benzene rings is 2. The molecule has 2 aromatic carbocycles. The summed E-state index contributed by atoms with van der Waals surface area (Å²) in [4.78, 5) is 24.4. The van der Waals surface area contributed by atoms with Crippen LogP contribution in [0.1, 0.15) is 20.7 Å². The molecule has 0 aliphatic heterocycles. The van der Waals surface area contributed by atoms with E-state index in [0.29, 0.717) is 16.9 Å². The molecular weight excluding hydrogens is 300 g/mol. The first-order chi connectivity index (χ1) is 10.6. The van der Waals surface area contributed by atoms with Crippen molar-refractivity contribution in [1.29, 1.82) is 0 Å². The third-order valence-corrected chi connectivity index (χ3v) is 4.37. The maximum Gasteiger partial charge on any atom is 0.204 e. The van der Waals surface area contributed by atoms with Gasteiger partial charge in [0.05, 0.1) is 0 Å². The number of Topliss-reactive ketones (excluding diaryl/α,β-unsaturated/α-hetero) is 1. The van der Waals surface area contributed by atoms with Crippen LogP contribution >= 0.6 is 0 Å². The van der Waals surface area contributed by atoms with Crippen molar-refractivity contribution < 1.29 is 13.8 Å². The van der Waals surface area contributed by atoms with Crippen molar-refractivity contribution in [1.82, 2.24) is 0 Å². The molecule has 0 bridgehead atoms. The van der Waals surface area contributed by atoms with Crippen LogP contribution in [-0.2, 0) is 11.0 Å². The molecule has 1 unspecified atom stereocenters. The average molecular weight is 312 g/mol. The van der Waals surface area contributed by atoms with Crippen LogP contribution in [0.3, 0.4) is 0 Å². The normalized spacial score (nSPS) is 15.0. The van der Waals surface area contributed by atoms with Crippen molar-refractivity contribution in [2.24, 2.45) is 0 Å². The van der Waals surface area contributed by atoms with Gasteiger partial charge in [-0.15, -0.1) is 0 Å². The number of anilines is 2. The van der Waals surface area contributed by atoms with Gasteiger partial charge in [0.25, 0.3) is 0 Å². The van der Waals surface area contributed by atoms with Gasteiger partial charge in [0.15, 0.2) is 16.8 Å². The molecule has 5 nitrogen and oxygen atoms in total. The number of ketones is 2. The van der Waals surface area contributed by atoms with Gasteiger partial charge in [0, 0.05) is 28.6 Å². The molecule has 0 saturated heterocycles. The largest absolute Gasteiger partial charge is 0.399 e. The van der Waals surface area contributed by atoms with E-state index in [9.17, 15) is 13.8 Å². The molecule has 2 aromatic rings. The fourth-order valence-electron chi connectivity index (χ4n) is 2.14. The highest BCUT2D eigenvalue weighted by Gasteiger charge is 2.28. The number of hydrogen-bond acceptors (Lipinski definition) is 4. The fourth-order valence-corrected chi connectivity index (χ4v) is 3.09. The summed E-state index contributed by atoms with van der Waals surface area (Å²) in [7, 11) is -1.82. The Bertz CT molecular complexity index is 826. The van der Waals surface area contributed by atoms with E-state index in [1.165, 1.54) is 0 Å². The molecule has 0 aromatic heterocycles. The van der Waals surface area contributed by atoms with E-state index in [0.717, 1.165) is 6.08 Å². The summed E-state index contributed by atoms with van der Waals surface area (Å²) in [5, 5.41) is 0. The zero-order valence-electron chi connectivity index (χ0n) is 11.4. The minimum absolute atomic E-state index is 0.0551. The first kappa shape index (κ1) is 14.2. The molecule has 0 amide bonds. The van der Waals surface area contributed by atoms with Crippen molar-refractivity contribution in [3.63, 3.8) is 0 Å². The topological polar surface area (TPSA) is 89.3 Å². The quantitative estimate of drug-likeness (QED) is 0.851. The monoisotopic (exact) mass is 312 g/mol. The van der Waals surface area contributed by atoms with Gasteiger partial charge in [-0.3, -0.25) is 9.59 Å². The van der Waals surface area contributed by atoms with Crippen LogP contribution < -0.4 is 10.5 Å². The van der Waals surface area contributed by atoms with Gasteiger partial charge in [-0.05, 0) is 24.3 Å². The van der Waals surface area contributed by atoms with E-state index in [4.69, 9.17) is 5.73 Å². The van der Waals surface area contributed by atoms with E-state index in [-0.39, 0.29) is 16.3 Å². The predicted octanol–water partition coefficient (Wildman–Crippen LogP) is 2.31. The number of fused-ring (bicyclic) bond motifs is 1. The smallest absolute Gasteiger partial charge is 0.204 e. The Morgan fingerprint density at radius 1 is 0.909 bits per heavy atom. The zero-order chi connectivity index (χ0) is 15.7. The minimum atomic E-state index is -1.82.